The molecule has 4 fully saturated rings. The van der Waals surface area contributed by atoms with Crippen molar-refractivity contribution in [1.29, 1.82) is 0 Å². The van der Waals surface area contributed by atoms with E-state index in [-0.39, 0.29) is 29.9 Å². The minimum Gasteiger partial charge on any atom is -0.465 e. The summed E-state index contributed by atoms with van der Waals surface area (Å²) in [5, 5.41) is 10.7. The van der Waals surface area contributed by atoms with E-state index in [0.717, 1.165) is 18.7 Å². The van der Waals surface area contributed by atoms with Crippen molar-refractivity contribution in [1.82, 2.24) is 14.7 Å². The number of benzene rings is 1. The molecule has 0 radical (unpaired) electrons. The highest BCUT2D eigenvalue weighted by molar-refractivity contribution is 9.09. The number of hydrogen-bond donors (Lipinski definition) is 1. The second-order valence-electron chi connectivity index (χ2n) is 12.1. The smallest absolute Gasteiger partial charge is 0.312 e. The first-order valence-electron chi connectivity index (χ1n) is 15.6. The molecule has 1 aromatic rings. The van der Waals surface area contributed by atoms with Gasteiger partial charge in [-0.05, 0) is 31.2 Å². The van der Waals surface area contributed by atoms with Crippen molar-refractivity contribution in [2.24, 2.45) is 11.8 Å². The summed E-state index contributed by atoms with van der Waals surface area (Å²) in [7, 11) is 0. The molecule has 5 rings (SSSR count). The van der Waals surface area contributed by atoms with Crippen LogP contribution in [0.1, 0.15) is 24.8 Å². The first kappa shape index (κ1) is 32.8. The monoisotopic (exact) mass is 673 g/mol. The zero-order valence-electron chi connectivity index (χ0n) is 25.2. The van der Waals surface area contributed by atoms with Crippen LogP contribution in [0.5, 0.6) is 0 Å². The van der Waals surface area contributed by atoms with Crippen molar-refractivity contribution in [2.45, 2.75) is 54.3 Å². The number of amides is 2. The SMILES string of the molecule is C=CCCCOC(=O)[C@H]1[C@@H]2OC3(CC2Br)C(C(=O)N(CC=C)CCN2CCOCC2)N([C@@H](CO)Cc2ccccc2)C(=O)[C@H]13. The molecule has 44 heavy (non-hydrogen) atoms. The lowest BCUT2D eigenvalue weighted by Crippen LogP contribution is -2.60. The third-order valence-corrected chi connectivity index (χ3v) is 10.2. The zero-order valence-corrected chi connectivity index (χ0v) is 26.8. The standard InChI is InChI=1S/C33H44BrN3O7/c1-3-5-9-17-43-32(41)26-27-30(39)37(24(22-38)20-23-10-7-6-8-11-23)29(33(27)21-25(34)28(26)44-33)31(40)36(12-4-2)14-13-35-15-18-42-19-16-35/h3-4,6-8,10-11,24-29,38H,1-2,5,9,12-22H2/t24-,25?,26-,27+,28-,29?,33?/m1/s1. The third kappa shape index (κ3) is 6.39. The van der Waals surface area contributed by atoms with E-state index in [1.165, 1.54) is 4.90 Å². The number of aliphatic hydroxyl groups excluding tert-OH is 1. The molecule has 2 bridgehead atoms. The average molecular weight is 675 g/mol. The average Bonchev–Trinajstić information content (AvgIpc) is 3.64. The van der Waals surface area contributed by atoms with Crippen LogP contribution in [0, 0.1) is 11.8 Å². The van der Waals surface area contributed by atoms with Crippen LogP contribution in [0.3, 0.4) is 0 Å². The van der Waals surface area contributed by atoms with Gasteiger partial charge in [-0.3, -0.25) is 19.3 Å². The van der Waals surface area contributed by atoms with Crippen LogP contribution in [0.4, 0.5) is 0 Å². The fourth-order valence-electron chi connectivity index (χ4n) is 7.35. The number of carbonyl (C=O) groups excluding carboxylic acids is 3. The fraction of sp³-hybridized carbons (Fsp3) is 0.606. The van der Waals surface area contributed by atoms with Gasteiger partial charge in [0.15, 0.2) is 0 Å². The number of halogens is 1. The van der Waals surface area contributed by atoms with Gasteiger partial charge in [-0.2, -0.15) is 0 Å². The van der Waals surface area contributed by atoms with E-state index >= 15 is 0 Å². The van der Waals surface area contributed by atoms with Crippen LogP contribution in [0.15, 0.2) is 55.6 Å². The molecule has 7 atom stereocenters. The summed E-state index contributed by atoms with van der Waals surface area (Å²) in [6.45, 7) is 11.7. The number of unbranched alkanes of at least 4 members (excludes halogenated alkanes) is 1. The van der Waals surface area contributed by atoms with E-state index in [2.05, 4.69) is 34.0 Å². The van der Waals surface area contributed by atoms with Gasteiger partial charge < -0.3 is 29.1 Å². The number of fused-ring (bicyclic) bond motifs is 1. The van der Waals surface area contributed by atoms with Crippen LogP contribution < -0.4 is 0 Å². The molecular formula is C33H44BrN3O7. The molecule has 0 aromatic heterocycles. The molecule has 4 aliphatic heterocycles. The summed E-state index contributed by atoms with van der Waals surface area (Å²) < 4.78 is 17.8. The maximum absolute atomic E-state index is 14.7. The van der Waals surface area contributed by atoms with E-state index in [4.69, 9.17) is 14.2 Å². The molecule has 240 valence electrons. The maximum atomic E-state index is 14.7. The van der Waals surface area contributed by atoms with Gasteiger partial charge in [-0.15, -0.1) is 13.2 Å². The number of nitrogens with zero attached hydrogens (tertiary/aromatic N) is 3. The van der Waals surface area contributed by atoms with Gasteiger partial charge >= 0.3 is 5.97 Å². The van der Waals surface area contributed by atoms with Crippen molar-refractivity contribution >= 4 is 33.7 Å². The van der Waals surface area contributed by atoms with Crippen molar-refractivity contribution in [2.75, 3.05) is 59.2 Å². The first-order chi connectivity index (χ1) is 21.4. The fourth-order valence-corrected chi connectivity index (χ4v) is 8.29. The molecule has 11 heteroatoms. The third-order valence-electron chi connectivity index (χ3n) is 9.40. The summed E-state index contributed by atoms with van der Waals surface area (Å²) in [4.78, 5) is 48.1. The minimum absolute atomic E-state index is 0.211. The van der Waals surface area contributed by atoms with Gasteiger partial charge in [-0.25, -0.2) is 0 Å². The van der Waals surface area contributed by atoms with Crippen molar-refractivity contribution in [3.05, 3.63) is 61.2 Å². The molecule has 3 unspecified atom stereocenters. The van der Waals surface area contributed by atoms with Gasteiger partial charge in [0.2, 0.25) is 11.8 Å². The van der Waals surface area contributed by atoms with Gasteiger partial charge in [0.1, 0.15) is 11.6 Å². The highest BCUT2D eigenvalue weighted by atomic mass is 79.9. The number of morpholine rings is 1. The predicted molar refractivity (Wildman–Crippen MR) is 168 cm³/mol. The lowest BCUT2D eigenvalue weighted by Gasteiger charge is -2.40. The number of allylic oxidation sites excluding steroid dienone is 1. The minimum atomic E-state index is -1.24. The van der Waals surface area contributed by atoms with Gasteiger partial charge in [0, 0.05) is 37.6 Å². The van der Waals surface area contributed by atoms with E-state index in [0.29, 0.717) is 58.5 Å². The Morgan fingerprint density at radius 2 is 1.95 bits per heavy atom. The Morgan fingerprint density at radius 1 is 1.20 bits per heavy atom. The number of rotatable bonds is 15. The molecule has 1 aromatic carbocycles. The topological polar surface area (TPSA) is 109 Å². The van der Waals surface area contributed by atoms with Crippen molar-refractivity contribution < 1.29 is 33.7 Å². The molecule has 4 saturated heterocycles. The summed E-state index contributed by atoms with van der Waals surface area (Å²) >= 11 is 3.72. The number of esters is 1. The number of carbonyl (C=O) groups is 3. The first-order valence-corrected chi connectivity index (χ1v) is 16.5. The highest BCUT2D eigenvalue weighted by Gasteiger charge is 2.77. The van der Waals surface area contributed by atoms with E-state index in [1.54, 1.807) is 17.1 Å². The van der Waals surface area contributed by atoms with Gasteiger partial charge in [-0.1, -0.05) is 58.4 Å². The lowest BCUT2D eigenvalue weighted by atomic mass is 9.70. The maximum Gasteiger partial charge on any atom is 0.312 e. The lowest BCUT2D eigenvalue weighted by molar-refractivity contribution is -0.156. The predicted octanol–water partition coefficient (Wildman–Crippen LogP) is 2.19. The quantitative estimate of drug-likeness (QED) is 0.131. The number of alkyl halides is 1. The molecule has 4 aliphatic rings. The Bertz CT molecular complexity index is 1200. The van der Waals surface area contributed by atoms with E-state index in [9.17, 15) is 19.5 Å². The Kier molecular flexibility index (Phi) is 10.9. The number of hydrogen-bond acceptors (Lipinski definition) is 8. The van der Waals surface area contributed by atoms with Crippen LogP contribution in [-0.2, 0) is 35.0 Å². The van der Waals surface area contributed by atoms with Gasteiger partial charge in [0.25, 0.3) is 0 Å². The zero-order chi connectivity index (χ0) is 31.3. The Hall–Kier alpha value is -2.57. The number of ether oxygens (including phenoxy) is 3. The van der Waals surface area contributed by atoms with Gasteiger partial charge in [0.05, 0.1) is 50.4 Å². The number of aliphatic hydroxyl groups is 1. The van der Waals surface area contributed by atoms with Crippen LogP contribution in [0.2, 0.25) is 0 Å². The summed E-state index contributed by atoms with van der Waals surface area (Å²) in [6, 6.07) is 7.88. The molecule has 0 saturated carbocycles. The molecule has 2 amide bonds. The van der Waals surface area contributed by atoms with Crippen molar-refractivity contribution in [3.8, 4) is 0 Å². The summed E-state index contributed by atoms with van der Waals surface area (Å²) in [5.74, 6) is -2.85. The molecule has 1 N–H and O–H groups in total. The number of likely N-dealkylation sites (tertiary alicyclic amines) is 1. The Morgan fingerprint density at radius 3 is 2.64 bits per heavy atom. The highest BCUT2D eigenvalue weighted by Crippen LogP contribution is 2.60. The normalized spacial score (nSPS) is 30.2. The molecule has 4 heterocycles. The summed E-state index contributed by atoms with van der Waals surface area (Å²) in [5.41, 5.74) is -0.308. The molecule has 10 nitrogen and oxygen atoms in total. The van der Waals surface area contributed by atoms with E-state index < -0.39 is 41.6 Å². The molecule has 0 aliphatic carbocycles. The molecule has 1 spiro atoms. The Labute approximate surface area is 268 Å². The van der Waals surface area contributed by atoms with Crippen LogP contribution in [-0.4, -0.2) is 125 Å². The van der Waals surface area contributed by atoms with Crippen LogP contribution >= 0.6 is 15.9 Å². The second-order valence-corrected chi connectivity index (χ2v) is 13.2. The molecular weight excluding hydrogens is 630 g/mol. The van der Waals surface area contributed by atoms with E-state index in [1.807, 2.05) is 30.3 Å². The summed E-state index contributed by atoms with van der Waals surface area (Å²) in [6.07, 6.45) is 4.92. The Balaban J connectivity index is 1.49. The van der Waals surface area contributed by atoms with Crippen molar-refractivity contribution in [3.63, 3.8) is 0 Å². The van der Waals surface area contributed by atoms with Crippen LogP contribution in [0.25, 0.3) is 0 Å². The second kappa shape index (κ2) is 14.7. The largest absolute Gasteiger partial charge is 0.465 e.